The van der Waals surface area contributed by atoms with Crippen LogP contribution in [0.1, 0.15) is 19.0 Å². The minimum absolute atomic E-state index is 0.0517. The van der Waals surface area contributed by atoms with E-state index in [2.05, 4.69) is 10.2 Å². The topological polar surface area (TPSA) is 92.1 Å². The van der Waals surface area contributed by atoms with Crippen LogP contribution in [0.2, 0.25) is 0 Å². The first-order valence-electron chi connectivity index (χ1n) is 5.18. The van der Waals surface area contributed by atoms with Crippen molar-refractivity contribution in [3.05, 3.63) is 11.9 Å². The first-order chi connectivity index (χ1) is 7.89. The van der Waals surface area contributed by atoms with Gasteiger partial charge in [-0.15, -0.1) is 0 Å². The van der Waals surface area contributed by atoms with E-state index < -0.39 is 10.0 Å². The summed E-state index contributed by atoms with van der Waals surface area (Å²) in [5.41, 5.74) is 5.92. The zero-order valence-electron chi connectivity index (χ0n) is 9.80. The third kappa shape index (κ3) is 3.24. The maximum absolute atomic E-state index is 12.3. The molecular weight excluding hydrogens is 260 g/mol. The Hall–Kier alpha value is -0.990. The molecule has 0 aliphatic heterocycles. The Labute approximate surface area is 106 Å². The minimum atomic E-state index is -3.57. The van der Waals surface area contributed by atoms with E-state index in [0.717, 1.165) is 0 Å². The second-order valence-corrected chi connectivity index (χ2v) is 6.09. The van der Waals surface area contributed by atoms with E-state index >= 15 is 0 Å². The molecule has 0 spiro atoms. The van der Waals surface area contributed by atoms with Gasteiger partial charge in [-0.2, -0.15) is 9.40 Å². The molecule has 8 heteroatoms. The molecule has 0 aliphatic carbocycles. The van der Waals surface area contributed by atoms with Gasteiger partial charge in [-0.05, 0) is 13.3 Å². The third-order valence-electron chi connectivity index (χ3n) is 2.21. The maximum Gasteiger partial charge on any atom is 0.246 e. The fourth-order valence-electron chi connectivity index (χ4n) is 1.45. The van der Waals surface area contributed by atoms with Gasteiger partial charge in [-0.3, -0.25) is 5.10 Å². The lowest BCUT2D eigenvalue weighted by atomic mass is 10.5. The van der Waals surface area contributed by atoms with Gasteiger partial charge in [0.05, 0.1) is 23.4 Å². The normalized spacial score (nSPS) is 11.9. The van der Waals surface area contributed by atoms with E-state index in [1.165, 1.54) is 10.5 Å². The third-order valence-corrected chi connectivity index (χ3v) is 4.29. The van der Waals surface area contributed by atoms with E-state index in [-0.39, 0.29) is 16.4 Å². The molecule has 0 aliphatic rings. The van der Waals surface area contributed by atoms with Gasteiger partial charge in [0, 0.05) is 6.54 Å². The first-order valence-corrected chi connectivity index (χ1v) is 7.02. The van der Waals surface area contributed by atoms with Crippen molar-refractivity contribution in [3.8, 4) is 0 Å². The molecule has 17 heavy (non-hydrogen) atoms. The van der Waals surface area contributed by atoms with Crippen LogP contribution in [-0.4, -0.2) is 41.0 Å². The average Bonchev–Trinajstić information content (AvgIpc) is 2.63. The average molecular weight is 276 g/mol. The van der Waals surface area contributed by atoms with Gasteiger partial charge >= 0.3 is 0 Å². The highest BCUT2D eigenvalue weighted by Gasteiger charge is 2.26. The zero-order valence-corrected chi connectivity index (χ0v) is 11.4. The maximum atomic E-state index is 12.3. The Morgan fingerprint density at radius 1 is 1.65 bits per heavy atom. The molecule has 1 heterocycles. The van der Waals surface area contributed by atoms with Crippen molar-refractivity contribution in [1.82, 2.24) is 14.5 Å². The number of nitrogens with two attached hydrogens (primary N) is 1. The van der Waals surface area contributed by atoms with Gasteiger partial charge in [-0.1, -0.05) is 19.1 Å². The van der Waals surface area contributed by atoms with Crippen molar-refractivity contribution >= 4 is 27.2 Å². The molecule has 1 rings (SSSR count). The number of aromatic nitrogens is 2. The van der Waals surface area contributed by atoms with Crippen molar-refractivity contribution < 1.29 is 8.42 Å². The fraction of sp³-hybridized carbons (Fsp3) is 0.556. The molecule has 0 saturated carbocycles. The molecule has 0 unspecified atom stereocenters. The number of aromatic amines is 1. The number of thiocarbonyl (C=S) groups is 1. The van der Waals surface area contributed by atoms with Crippen molar-refractivity contribution in [2.24, 2.45) is 5.73 Å². The summed E-state index contributed by atoms with van der Waals surface area (Å²) in [6.07, 6.45) is 1.99. The molecule has 0 atom stereocenters. The summed E-state index contributed by atoms with van der Waals surface area (Å²) >= 11 is 4.77. The molecule has 0 bridgehead atoms. The van der Waals surface area contributed by atoms with Gasteiger partial charge in [0.25, 0.3) is 0 Å². The standard InChI is InChI=1S/C9H16N4O2S2/c1-3-4-13(6-9(10)16)17(14,15)8-5-11-12-7(8)2/h5H,3-4,6H2,1-2H3,(H2,10,16)(H,11,12). The van der Waals surface area contributed by atoms with Crippen LogP contribution in [0.3, 0.4) is 0 Å². The molecule has 6 nitrogen and oxygen atoms in total. The first kappa shape index (κ1) is 14.1. The van der Waals surface area contributed by atoms with Gasteiger partial charge < -0.3 is 5.73 Å². The molecule has 0 saturated heterocycles. The molecule has 1 aromatic rings. The quantitative estimate of drug-likeness (QED) is 0.734. The van der Waals surface area contributed by atoms with E-state index in [4.69, 9.17) is 18.0 Å². The molecule has 1 aromatic heterocycles. The van der Waals surface area contributed by atoms with Crippen molar-refractivity contribution in [3.63, 3.8) is 0 Å². The Kier molecular flexibility index (Phi) is 4.61. The largest absolute Gasteiger partial charge is 0.392 e. The highest BCUT2D eigenvalue weighted by Crippen LogP contribution is 2.17. The fourth-order valence-corrected chi connectivity index (χ4v) is 3.31. The molecule has 0 fully saturated rings. The van der Waals surface area contributed by atoms with Crippen LogP contribution in [0.15, 0.2) is 11.1 Å². The smallest absolute Gasteiger partial charge is 0.246 e. The lowest BCUT2D eigenvalue weighted by molar-refractivity contribution is 0.449. The molecule has 0 aromatic carbocycles. The summed E-state index contributed by atoms with van der Waals surface area (Å²) in [5.74, 6) is 0. The lowest BCUT2D eigenvalue weighted by Gasteiger charge is -2.20. The number of hydrogen-bond donors (Lipinski definition) is 2. The Balaban J connectivity index is 3.08. The second-order valence-electron chi connectivity index (χ2n) is 3.66. The van der Waals surface area contributed by atoms with Crippen LogP contribution in [-0.2, 0) is 10.0 Å². The predicted octanol–water partition coefficient (Wildman–Crippen LogP) is 0.405. The zero-order chi connectivity index (χ0) is 13.1. The highest BCUT2D eigenvalue weighted by atomic mass is 32.2. The van der Waals surface area contributed by atoms with Crippen LogP contribution < -0.4 is 5.73 Å². The number of rotatable bonds is 6. The summed E-state index contributed by atoms with van der Waals surface area (Å²) in [6, 6.07) is 0. The Morgan fingerprint density at radius 3 is 2.71 bits per heavy atom. The van der Waals surface area contributed by atoms with Gasteiger partial charge in [0.2, 0.25) is 10.0 Å². The molecule has 0 amide bonds. The predicted molar refractivity (Wildman–Crippen MR) is 69.2 cm³/mol. The molecular formula is C9H16N4O2S2. The second kappa shape index (κ2) is 5.56. The van der Waals surface area contributed by atoms with E-state index in [0.29, 0.717) is 18.7 Å². The Bertz CT molecular complexity index is 495. The Morgan fingerprint density at radius 2 is 2.29 bits per heavy atom. The highest BCUT2D eigenvalue weighted by molar-refractivity contribution is 7.89. The van der Waals surface area contributed by atoms with Crippen molar-refractivity contribution in [2.45, 2.75) is 25.2 Å². The summed E-state index contributed by atoms with van der Waals surface area (Å²) in [6.45, 7) is 3.98. The number of aryl methyl sites for hydroxylation is 1. The molecule has 3 N–H and O–H groups in total. The van der Waals surface area contributed by atoms with Crippen molar-refractivity contribution in [2.75, 3.05) is 13.1 Å². The molecule has 96 valence electrons. The number of sulfonamides is 1. The molecule has 0 radical (unpaired) electrons. The van der Waals surface area contributed by atoms with Crippen molar-refractivity contribution in [1.29, 1.82) is 0 Å². The van der Waals surface area contributed by atoms with Crippen LogP contribution in [0.25, 0.3) is 0 Å². The van der Waals surface area contributed by atoms with Crippen LogP contribution in [0.5, 0.6) is 0 Å². The minimum Gasteiger partial charge on any atom is -0.392 e. The van der Waals surface area contributed by atoms with Gasteiger partial charge in [0.1, 0.15) is 4.90 Å². The van der Waals surface area contributed by atoms with E-state index in [1.54, 1.807) is 6.92 Å². The number of H-pyrrole nitrogens is 1. The summed E-state index contributed by atoms with van der Waals surface area (Å²) < 4.78 is 25.9. The van der Waals surface area contributed by atoms with E-state index in [9.17, 15) is 8.42 Å². The SMILES string of the molecule is CCCN(CC(N)=S)S(=O)(=O)c1cn[nH]c1C. The summed E-state index contributed by atoms with van der Waals surface area (Å²) in [4.78, 5) is 0.324. The number of nitrogens with zero attached hydrogens (tertiary/aromatic N) is 2. The van der Waals surface area contributed by atoms with Gasteiger partial charge in [-0.25, -0.2) is 8.42 Å². The summed E-state index contributed by atoms with van der Waals surface area (Å²) in [7, 11) is -3.57. The lowest BCUT2D eigenvalue weighted by Crippen LogP contribution is -2.38. The van der Waals surface area contributed by atoms with E-state index in [1.807, 2.05) is 6.92 Å². The van der Waals surface area contributed by atoms with Crippen LogP contribution in [0, 0.1) is 6.92 Å². The monoisotopic (exact) mass is 276 g/mol. The summed E-state index contributed by atoms with van der Waals surface area (Å²) in [5, 5.41) is 6.32. The van der Waals surface area contributed by atoms with Gasteiger partial charge in [0.15, 0.2) is 0 Å². The number of nitrogens with one attached hydrogen (secondary N) is 1. The van der Waals surface area contributed by atoms with Crippen LogP contribution >= 0.6 is 12.2 Å². The number of hydrogen-bond acceptors (Lipinski definition) is 4. The van der Waals surface area contributed by atoms with Crippen LogP contribution in [0.4, 0.5) is 0 Å².